The van der Waals surface area contributed by atoms with Crippen LogP contribution in [-0.2, 0) is 0 Å². The number of hydrogen-bond acceptors (Lipinski definition) is 1. The minimum absolute atomic E-state index is 0.345. The van der Waals surface area contributed by atoms with Crippen LogP contribution >= 0.6 is 22.6 Å². The second kappa shape index (κ2) is 5.30. The largest absolute Gasteiger partial charge is 0.310 e. The van der Waals surface area contributed by atoms with E-state index in [0.29, 0.717) is 11.5 Å². The Labute approximate surface area is 107 Å². The van der Waals surface area contributed by atoms with Crippen molar-refractivity contribution < 1.29 is 0 Å². The minimum Gasteiger partial charge on any atom is -0.310 e. The highest BCUT2D eigenvalue weighted by atomic mass is 127. The number of nitrogens with one attached hydrogen (secondary N) is 1. The molecule has 1 N–H and O–H groups in total. The summed E-state index contributed by atoms with van der Waals surface area (Å²) in [5.41, 5.74) is 1.71. The number of halogens is 1. The molecule has 1 aromatic carbocycles. The zero-order chi connectivity index (χ0) is 11.5. The van der Waals surface area contributed by atoms with Gasteiger partial charge in [-0.15, -0.1) is 0 Å². The lowest BCUT2D eigenvalue weighted by molar-refractivity contribution is 0.359. The lowest BCUT2D eigenvalue weighted by atomic mass is 9.96. The van der Waals surface area contributed by atoms with Gasteiger partial charge in [0.15, 0.2) is 0 Å². The Morgan fingerprint density at radius 1 is 1.20 bits per heavy atom. The lowest BCUT2D eigenvalue weighted by Crippen LogP contribution is -2.29. The number of hydrogen-bond donors (Lipinski definition) is 1. The molecular formula is C13H20IN. The van der Waals surface area contributed by atoms with E-state index in [-0.39, 0.29) is 0 Å². The molecule has 0 fully saturated rings. The maximum absolute atomic E-state index is 3.56. The van der Waals surface area contributed by atoms with Crippen LogP contribution < -0.4 is 5.32 Å². The molecule has 0 aliphatic carbocycles. The molecule has 0 saturated heterocycles. The summed E-state index contributed by atoms with van der Waals surface area (Å²) in [5.74, 6) is 0. The van der Waals surface area contributed by atoms with E-state index in [1.54, 1.807) is 0 Å². The highest BCUT2D eigenvalue weighted by Crippen LogP contribution is 2.17. The van der Waals surface area contributed by atoms with Gasteiger partial charge in [-0.2, -0.15) is 0 Å². The summed E-state index contributed by atoms with van der Waals surface area (Å²) in [5, 5.41) is 3.56. The van der Waals surface area contributed by atoms with Gasteiger partial charge in [-0.3, -0.25) is 0 Å². The molecule has 1 unspecified atom stereocenters. The van der Waals surface area contributed by atoms with Crippen molar-refractivity contribution in [1.82, 2.24) is 5.32 Å². The fourth-order valence-corrected chi connectivity index (χ4v) is 1.69. The van der Waals surface area contributed by atoms with E-state index >= 15 is 0 Å². The van der Waals surface area contributed by atoms with Gasteiger partial charge in [0.25, 0.3) is 0 Å². The van der Waals surface area contributed by atoms with Crippen LogP contribution in [0.3, 0.4) is 0 Å². The third-order valence-corrected chi connectivity index (χ3v) is 3.03. The first-order chi connectivity index (χ1) is 6.88. The summed E-state index contributed by atoms with van der Waals surface area (Å²) < 4.78 is 1.29. The first kappa shape index (κ1) is 13.0. The van der Waals surface area contributed by atoms with Gasteiger partial charge in [0, 0.05) is 16.2 Å². The normalized spacial score (nSPS) is 13.9. The number of benzene rings is 1. The Bertz CT molecular complexity index is 297. The van der Waals surface area contributed by atoms with E-state index in [1.165, 1.54) is 9.13 Å². The van der Waals surface area contributed by atoms with E-state index in [1.807, 2.05) is 0 Å². The van der Waals surface area contributed by atoms with Crippen LogP contribution in [0.1, 0.15) is 39.3 Å². The van der Waals surface area contributed by atoms with Gasteiger partial charge in [-0.05, 0) is 52.6 Å². The maximum atomic E-state index is 3.56. The topological polar surface area (TPSA) is 12.0 Å². The van der Waals surface area contributed by atoms with Crippen molar-refractivity contribution in [1.29, 1.82) is 0 Å². The first-order valence-electron chi connectivity index (χ1n) is 5.37. The minimum atomic E-state index is 0.345. The van der Waals surface area contributed by atoms with E-state index in [2.05, 4.69) is 79.9 Å². The van der Waals surface area contributed by atoms with Crippen LogP contribution in [0.5, 0.6) is 0 Å². The van der Waals surface area contributed by atoms with Gasteiger partial charge in [0.1, 0.15) is 0 Å². The Morgan fingerprint density at radius 3 is 2.20 bits per heavy atom. The Morgan fingerprint density at radius 2 is 1.73 bits per heavy atom. The van der Waals surface area contributed by atoms with Crippen LogP contribution in [0.15, 0.2) is 24.3 Å². The van der Waals surface area contributed by atoms with Crippen molar-refractivity contribution in [3.8, 4) is 0 Å². The van der Waals surface area contributed by atoms with Crippen molar-refractivity contribution in [2.24, 2.45) is 5.41 Å². The molecule has 1 aromatic rings. The zero-order valence-corrected chi connectivity index (χ0v) is 12.1. The van der Waals surface area contributed by atoms with Gasteiger partial charge < -0.3 is 5.32 Å². The maximum Gasteiger partial charge on any atom is 0.0292 e. The monoisotopic (exact) mass is 317 g/mol. The summed E-state index contributed by atoms with van der Waals surface area (Å²) in [7, 11) is 0. The summed E-state index contributed by atoms with van der Waals surface area (Å²) in [6, 6.07) is 9.14. The molecule has 0 amide bonds. The molecule has 0 spiro atoms. The number of rotatable bonds is 3. The van der Waals surface area contributed by atoms with E-state index in [0.717, 1.165) is 6.54 Å². The van der Waals surface area contributed by atoms with Crippen LogP contribution in [0.2, 0.25) is 0 Å². The first-order valence-corrected chi connectivity index (χ1v) is 6.45. The molecule has 2 heteroatoms. The third-order valence-electron chi connectivity index (χ3n) is 2.31. The van der Waals surface area contributed by atoms with Crippen molar-refractivity contribution in [2.45, 2.75) is 33.7 Å². The Balaban J connectivity index is 2.54. The molecule has 84 valence electrons. The highest BCUT2D eigenvalue weighted by Gasteiger charge is 2.12. The summed E-state index contributed by atoms with van der Waals surface area (Å²) in [4.78, 5) is 0. The van der Waals surface area contributed by atoms with Gasteiger partial charge in [-0.1, -0.05) is 32.9 Å². The highest BCUT2D eigenvalue weighted by molar-refractivity contribution is 14.1. The second-order valence-corrected chi connectivity index (χ2v) is 6.46. The fourth-order valence-electron chi connectivity index (χ4n) is 1.33. The second-order valence-electron chi connectivity index (χ2n) is 5.21. The molecule has 1 rings (SSSR count). The standard InChI is InChI=1S/C13H20IN/c1-10(15-9-13(2,3)4)11-5-7-12(14)8-6-11/h5-8,10,15H,9H2,1-4H3. The summed E-state index contributed by atoms with van der Waals surface area (Å²) >= 11 is 2.33. The van der Waals surface area contributed by atoms with Gasteiger partial charge >= 0.3 is 0 Å². The molecule has 0 bridgehead atoms. The zero-order valence-electron chi connectivity index (χ0n) is 9.97. The van der Waals surface area contributed by atoms with E-state index < -0.39 is 0 Å². The molecule has 0 radical (unpaired) electrons. The molecular weight excluding hydrogens is 297 g/mol. The lowest BCUT2D eigenvalue weighted by Gasteiger charge is -2.23. The van der Waals surface area contributed by atoms with Crippen molar-refractivity contribution >= 4 is 22.6 Å². The summed E-state index contributed by atoms with van der Waals surface area (Å²) in [6.07, 6.45) is 0. The van der Waals surface area contributed by atoms with E-state index in [4.69, 9.17) is 0 Å². The van der Waals surface area contributed by atoms with E-state index in [9.17, 15) is 0 Å². The molecule has 0 heterocycles. The van der Waals surface area contributed by atoms with Gasteiger partial charge in [0.2, 0.25) is 0 Å². The van der Waals surface area contributed by atoms with Gasteiger partial charge in [0.05, 0.1) is 0 Å². The van der Waals surface area contributed by atoms with Crippen molar-refractivity contribution in [3.05, 3.63) is 33.4 Å². The molecule has 0 saturated carbocycles. The van der Waals surface area contributed by atoms with Crippen LogP contribution in [0.25, 0.3) is 0 Å². The quantitative estimate of drug-likeness (QED) is 0.831. The van der Waals surface area contributed by atoms with Crippen LogP contribution in [-0.4, -0.2) is 6.54 Å². The smallest absolute Gasteiger partial charge is 0.0292 e. The van der Waals surface area contributed by atoms with Crippen LogP contribution in [0, 0.1) is 8.99 Å². The molecule has 0 aliphatic rings. The Kier molecular flexibility index (Phi) is 4.59. The Hall–Kier alpha value is -0.0900. The molecule has 15 heavy (non-hydrogen) atoms. The van der Waals surface area contributed by atoms with Crippen LogP contribution in [0.4, 0.5) is 0 Å². The van der Waals surface area contributed by atoms with Crippen molar-refractivity contribution in [2.75, 3.05) is 6.54 Å². The average Bonchev–Trinajstić information content (AvgIpc) is 2.14. The SMILES string of the molecule is CC(NCC(C)(C)C)c1ccc(I)cc1. The van der Waals surface area contributed by atoms with Crippen molar-refractivity contribution in [3.63, 3.8) is 0 Å². The molecule has 1 nitrogen and oxygen atoms in total. The summed E-state index contributed by atoms with van der Waals surface area (Å²) in [6.45, 7) is 10.0. The predicted octanol–water partition coefficient (Wildman–Crippen LogP) is 3.99. The third kappa shape index (κ3) is 4.98. The molecule has 0 aliphatic heterocycles. The molecule has 1 atom stereocenters. The predicted molar refractivity (Wildman–Crippen MR) is 75.0 cm³/mol. The molecule has 0 aromatic heterocycles. The average molecular weight is 317 g/mol. The van der Waals surface area contributed by atoms with Gasteiger partial charge in [-0.25, -0.2) is 0 Å². The fraction of sp³-hybridized carbons (Fsp3) is 0.538.